The highest BCUT2D eigenvalue weighted by molar-refractivity contribution is 14.2. The number of ether oxygens (including phenoxy) is 1. The Morgan fingerprint density at radius 1 is 1.11 bits per heavy atom. The Morgan fingerprint density at radius 2 is 1.79 bits per heavy atom. The number of carbonyl (C=O) groups is 2. The van der Waals surface area contributed by atoms with E-state index in [1.54, 1.807) is 4.08 Å². The summed E-state index contributed by atoms with van der Waals surface area (Å²) in [4.78, 5) is 22.4. The van der Waals surface area contributed by atoms with Crippen molar-refractivity contribution in [1.82, 2.24) is 0 Å². The van der Waals surface area contributed by atoms with Gasteiger partial charge in [-0.2, -0.15) is 0 Å². The molecule has 2 N–H and O–H groups in total. The van der Waals surface area contributed by atoms with Crippen molar-refractivity contribution < 1.29 is 24.5 Å². The van der Waals surface area contributed by atoms with Crippen LogP contribution in [0.1, 0.15) is 10.4 Å². The van der Waals surface area contributed by atoms with Gasteiger partial charge in [-0.3, -0.25) is 0 Å². The number of carboxylic acid groups (broad SMARTS) is 1. The number of rotatable bonds is 3. The molecular formula is C13H9IO5. The standard InChI is InChI=1S/C13H9IO5/c15-11-6-3-9(7-14-11)13(18)19-10-4-1-8(2-5-10)12(16)17/h1-7,15H,(H,16,17). The maximum atomic E-state index is 11.8. The third-order valence-corrected chi connectivity index (χ3v) is 4.21. The molecule has 0 spiro atoms. The highest BCUT2D eigenvalue weighted by Gasteiger charge is 2.12. The molecule has 0 amide bonds. The number of carbonyl (C=O) groups excluding carboxylic acids is 1. The van der Waals surface area contributed by atoms with Crippen LogP contribution in [0.5, 0.6) is 5.75 Å². The van der Waals surface area contributed by atoms with Crippen LogP contribution in [0.25, 0.3) is 0 Å². The minimum Gasteiger partial charge on any atom is -0.478 e. The summed E-state index contributed by atoms with van der Waals surface area (Å²) >= 11 is -0.667. The smallest absolute Gasteiger partial charge is 0.343 e. The summed E-state index contributed by atoms with van der Waals surface area (Å²) < 4.78 is 7.06. The summed E-state index contributed by atoms with van der Waals surface area (Å²) in [5, 5.41) is 17.9. The summed E-state index contributed by atoms with van der Waals surface area (Å²) in [7, 11) is 0. The SMILES string of the molecule is O=C(Oc1ccc(C(=O)O)cc1)C1=CI=C(O)C=C1. The van der Waals surface area contributed by atoms with E-state index in [2.05, 4.69) is 0 Å². The zero-order valence-electron chi connectivity index (χ0n) is 9.54. The molecule has 1 aliphatic rings. The van der Waals surface area contributed by atoms with Crippen molar-refractivity contribution in [1.29, 1.82) is 0 Å². The first-order valence-electron chi connectivity index (χ1n) is 5.19. The lowest BCUT2D eigenvalue weighted by Gasteiger charge is -2.06. The third-order valence-electron chi connectivity index (χ3n) is 2.23. The van der Waals surface area contributed by atoms with Crippen LogP contribution in [0.4, 0.5) is 0 Å². The number of halogens is 1. The van der Waals surface area contributed by atoms with Crippen LogP contribution in [-0.2, 0) is 4.79 Å². The van der Waals surface area contributed by atoms with Gasteiger partial charge < -0.3 is 14.9 Å². The van der Waals surface area contributed by atoms with Crippen LogP contribution >= 0.6 is 20.7 Å². The fourth-order valence-electron chi connectivity index (χ4n) is 1.29. The van der Waals surface area contributed by atoms with Crippen molar-refractivity contribution >= 4 is 36.4 Å². The van der Waals surface area contributed by atoms with E-state index in [-0.39, 0.29) is 11.3 Å². The fraction of sp³-hybridized carbons (Fsp3) is 0. The molecule has 6 heteroatoms. The van der Waals surface area contributed by atoms with E-state index in [4.69, 9.17) is 9.84 Å². The first-order chi connectivity index (χ1) is 9.06. The number of aliphatic hydroxyl groups excluding tert-OH is 1. The molecule has 0 aromatic heterocycles. The Labute approximate surface area is 118 Å². The van der Waals surface area contributed by atoms with Gasteiger partial charge in [0, 0.05) is 0 Å². The van der Waals surface area contributed by atoms with Crippen molar-refractivity contribution in [2.45, 2.75) is 0 Å². The Kier molecular flexibility index (Phi) is 4.23. The summed E-state index contributed by atoms with van der Waals surface area (Å²) in [6, 6.07) is 5.57. The van der Waals surface area contributed by atoms with Crippen molar-refractivity contribution in [2.24, 2.45) is 0 Å². The second-order valence-corrected chi connectivity index (χ2v) is 5.90. The van der Waals surface area contributed by atoms with Crippen molar-refractivity contribution in [2.75, 3.05) is 0 Å². The van der Waals surface area contributed by atoms with E-state index in [9.17, 15) is 14.7 Å². The van der Waals surface area contributed by atoms with Gasteiger partial charge in [0.15, 0.2) is 0 Å². The first-order valence-corrected chi connectivity index (χ1v) is 7.52. The number of carboxylic acids is 1. The Hall–Kier alpha value is -1.80. The molecule has 0 saturated heterocycles. The van der Waals surface area contributed by atoms with Crippen LogP contribution in [-0.4, -0.2) is 25.8 Å². The second-order valence-electron chi connectivity index (χ2n) is 3.55. The molecule has 19 heavy (non-hydrogen) atoms. The molecule has 5 nitrogen and oxygen atoms in total. The highest BCUT2D eigenvalue weighted by atomic mass is 127. The second kappa shape index (κ2) is 5.89. The topological polar surface area (TPSA) is 83.8 Å². The first kappa shape index (κ1) is 13.6. The fourth-order valence-corrected chi connectivity index (χ4v) is 2.79. The van der Waals surface area contributed by atoms with Crippen LogP contribution in [0.15, 0.2) is 46.1 Å². The lowest BCUT2D eigenvalue weighted by Crippen LogP contribution is -2.11. The summed E-state index contributed by atoms with van der Waals surface area (Å²) in [6.07, 6.45) is 2.98. The maximum Gasteiger partial charge on any atom is 0.343 e. The van der Waals surface area contributed by atoms with Crippen LogP contribution < -0.4 is 4.74 Å². The molecule has 0 bridgehead atoms. The zero-order chi connectivity index (χ0) is 13.8. The van der Waals surface area contributed by atoms with Gasteiger partial charge >= 0.3 is 11.9 Å². The van der Waals surface area contributed by atoms with Gasteiger partial charge in [-0.05, 0) is 40.5 Å². The lowest BCUT2D eigenvalue weighted by atomic mass is 10.2. The molecule has 0 radical (unpaired) electrons. The van der Waals surface area contributed by atoms with E-state index in [1.807, 2.05) is 0 Å². The maximum absolute atomic E-state index is 11.8. The van der Waals surface area contributed by atoms with E-state index >= 15 is 0 Å². The molecule has 1 aromatic carbocycles. The molecule has 98 valence electrons. The van der Waals surface area contributed by atoms with Gasteiger partial charge in [0.25, 0.3) is 0 Å². The predicted molar refractivity (Wildman–Crippen MR) is 77.2 cm³/mol. The number of hydrogen-bond donors (Lipinski definition) is 2. The normalized spacial score (nSPS) is 13.9. The largest absolute Gasteiger partial charge is 0.478 e. The molecule has 1 heterocycles. The molecule has 1 aliphatic heterocycles. The lowest BCUT2D eigenvalue weighted by molar-refractivity contribution is -0.129. The minimum atomic E-state index is -1.04. The van der Waals surface area contributed by atoms with Crippen molar-refractivity contribution in [3.05, 3.63) is 51.6 Å². The van der Waals surface area contributed by atoms with Gasteiger partial charge in [-0.25, -0.2) is 9.59 Å². The van der Waals surface area contributed by atoms with E-state index < -0.39 is 32.7 Å². The predicted octanol–water partition coefficient (Wildman–Crippen LogP) is 2.22. The van der Waals surface area contributed by atoms with Gasteiger partial charge in [0.1, 0.15) is 9.44 Å². The van der Waals surface area contributed by atoms with Crippen LogP contribution in [0.3, 0.4) is 0 Å². The number of aliphatic hydroxyl groups is 1. The summed E-state index contributed by atoms with van der Waals surface area (Å²) in [6.45, 7) is 0. The van der Waals surface area contributed by atoms with Gasteiger partial charge in [-0.1, -0.05) is 20.7 Å². The molecule has 2 rings (SSSR count). The van der Waals surface area contributed by atoms with Crippen molar-refractivity contribution in [3.63, 3.8) is 0 Å². The van der Waals surface area contributed by atoms with E-state index in [1.165, 1.54) is 36.4 Å². The number of esters is 1. The average Bonchev–Trinajstić information content (AvgIpc) is 2.40. The van der Waals surface area contributed by atoms with E-state index in [0.29, 0.717) is 9.27 Å². The van der Waals surface area contributed by atoms with Gasteiger partial charge in [0.05, 0.1) is 11.1 Å². The Morgan fingerprint density at radius 3 is 2.32 bits per heavy atom. The molecule has 0 atom stereocenters. The highest BCUT2D eigenvalue weighted by Crippen LogP contribution is 2.18. The molecule has 0 saturated carbocycles. The van der Waals surface area contributed by atoms with Crippen LogP contribution in [0, 0.1) is 0 Å². The average molecular weight is 372 g/mol. The monoisotopic (exact) mass is 372 g/mol. The zero-order valence-corrected chi connectivity index (χ0v) is 11.7. The van der Waals surface area contributed by atoms with Gasteiger partial charge in [0.2, 0.25) is 0 Å². The van der Waals surface area contributed by atoms with E-state index in [0.717, 1.165) is 0 Å². The van der Waals surface area contributed by atoms with Crippen LogP contribution in [0.2, 0.25) is 0 Å². The summed E-state index contributed by atoms with van der Waals surface area (Å²) in [5.74, 6) is -1.28. The Bertz CT molecular complexity index is 610. The molecular weight excluding hydrogens is 363 g/mol. The number of aromatic carboxylic acids is 1. The minimum absolute atomic E-state index is 0.127. The number of hydrogen-bond acceptors (Lipinski definition) is 4. The summed E-state index contributed by atoms with van der Waals surface area (Å²) in [5.41, 5.74) is 0.523. The molecule has 0 fully saturated rings. The van der Waals surface area contributed by atoms with Crippen molar-refractivity contribution in [3.8, 4) is 5.75 Å². The quantitative estimate of drug-likeness (QED) is 0.483. The number of benzene rings is 1. The van der Waals surface area contributed by atoms with Gasteiger partial charge in [-0.15, -0.1) is 0 Å². The third kappa shape index (κ3) is 3.58. The molecule has 1 aromatic rings. The Balaban J connectivity index is 2.08. The molecule has 0 unspecified atom stereocenters. The molecule has 0 aliphatic carbocycles.